The van der Waals surface area contributed by atoms with E-state index in [1.54, 1.807) is 11.1 Å². The van der Waals surface area contributed by atoms with E-state index in [0.29, 0.717) is 0 Å². The molecule has 1 aromatic heterocycles. The molecule has 0 radical (unpaired) electrons. The Labute approximate surface area is 390 Å². The summed E-state index contributed by atoms with van der Waals surface area (Å²) in [4.78, 5) is 5.90. The summed E-state index contributed by atoms with van der Waals surface area (Å²) in [6.45, 7) is 35.1. The Balaban J connectivity index is 1.23. The van der Waals surface area contributed by atoms with Crippen LogP contribution in [0.15, 0.2) is 72.8 Å². The molecule has 7 aliphatic rings. The molecular formula is C61H70BN3. The van der Waals surface area contributed by atoms with Gasteiger partial charge < -0.3 is 14.4 Å². The molecule has 0 saturated heterocycles. The van der Waals surface area contributed by atoms with Crippen LogP contribution in [-0.4, -0.2) is 22.4 Å². The fraction of sp³-hybridized carbons (Fsp3) is 0.475. The number of aromatic nitrogens is 1. The monoisotopic (exact) mass is 856 g/mol. The van der Waals surface area contributed by atoms with Gasteiger partial charge in [0.05, 0.1) is 11.1 Å². The number of anilines is 4. The second kappa shape index (κ2) is 12.1. The molecule has 0 N–H and O–H groups in total. The third kappa shape index (κ3) is 4.58. The van der Waals surface area contributed by atoms with Gasteiger partial charge in [-0.25, -0.2) is 0 Å². The van der Waals surface area contributed by atoms with E-state index in [-0.39, 0.29) is 44.9 Å². The molecule has 6 aromatic rings. The summed E-state index contributed by atoms with van der Waals surface area (Å²) in [5.41, 5.74) is 27.7. The summed E-state index contributed by atoms with van der Waals surface area (Å²) in [5.74, 6) is 0. The number of nitrogens with zero attached hydrogens (tertiary/aromatic N) is 3. The summed E-state index contributed by atoms with van der Waals surface area (Å²) in [7, 11) is 0. The van der Waals surface area contributed by atoms with Gasteiger partial charge >= 0.3 is 0 Å². The van der Waals surface area contributed by atoms with Crippen molar-refractivity contribution in [1.29, 1.82) is 0 Å². The largest absolute Gasteiger partial charge is 0.335 e. The van der Waals surface area contributed by atoms with Gasteiger partial charge in [0.2, 0.25) is 0 Å². The van der Waals surface area contributed by atoms with Crippen LogP contribution >= 0.6 is 0 Å². The van der Waals surface area contributed by atoms with E-state index < -0.39 is 0 Å². The van der Waals surface area contributed by atoms with Crippen molar-refractivity contribution < 1.29 is 0 Å². The van der Waals surface area contributed by atoms with Crippen LogP contribution in [-0.2, 0) is 27.1 Å². The minimum absolute atomic E-state index is 0.0151. The van der Waals surface area contributed by atoms with Crippen molar-refractivity contribution in [3.8, 4) is 16.8 Å². The summed E-state index contributed by atoms with van der Waals surface area (Å²) in [5, 5.41) is 1.43. The lowest BCUT2D eigenvalue weighted by Crippen LogP contribution is -2.64. The third-order valence-corrected chi connectivity index (χ3v) is 19.8. The molecule has 5 heterocycles. The highest BCUT2D eigenvalue weighted by Crippen LogP contribution is 2.65. The highest BCUT2D eigenvalue weighted by Gasteiger charge is 2.63. The van der Waals surface area contributed by atoms with E-state index in [1.165, 1.54) is 152 Å². The topological polar surface area (TPSA) is 11.4 Å². The minimum atomic E-state index is -0.192. The number of hydrogen-bond donors (Lipinski definition) is 0. The molecule has 2 saturated carbocycles. The van der Waals surface area contributed by atoms with Crippen molar-refractivity contribution in [3.63, 3.8) is 0 Å². The fourth-order valence-corrected chi connectivity index (χ4v) is 16.1. The van der Waals surface area contributed by atoms with Gasteiger partial charge in [-0.1, -0.05) is 143 Å². The Kier molecular flexibility index (Phi) is 7.53. The van der Waals surface area contributed by atoms with Gasteiger partial charge in [0.25, 0.3) is 6.71 Å². The average Bonchev–Trinajstić information content (AvgIpc) is 3.85. The van der Waals surface area contributed by atoms with Crippen molar-refractivity contribution >= 4 is 56.8 Å². The Morgan fingerprint density at radius 3 is 1.91 bits per heavy atom. The lowest BCUT2D eigenvalue weighted by atomic mass is 9.33. The van der Waals surface area contributed by atoms with Crippen LogP contribution < -0.4 is 26.2 Å². The van der Waals surface area contributed by atoms with E-state index >= 15 is 0 Å². The predicted octanol–water partition coefficient (Wildman–Crippen LogP) is 13.8. The molecule has 3 nitrogen and oxygen atoms in total. The predicted molar refractivity (Wildman–Crippen MR) is 278 cm³/mol. The van der Waals surface area contributed by atoms with Crippen LogP contribution in [0.4, 0.5) is 22.7 Å². The van der Waals surface area contributed by atoms with Crippen LogP contribution in [0.5, 0.6) is 0 Å². The number of rotatable bonds is 1. The van der Waals surface area contributed by atoms with Gasteiger partial charge in [0.1, 0.15) is 0 Å². The Bertz CT molecular complexity index is 3170. The number of hydrogen-bond acceptors (Lipinski definition) is 2. The first-order chi connectivity index (χ1) is 30.6. The zero-order valence-electron chi connectivity index (χ0n) is 42.0. The van der Waals surface area contributed by atoms with Crippen molar-refractivity contribution in [2.45, 2.75) is 186 Å². The van der Waals surface area contributed by atoms with E-state index in [4.69, 9.17) is 0 Å². The van der Waals surface area contributed by atoms with Crippen LogP contribution in [0, 0.1) is 13.8 Å². The molecular weight excluding hydrogens is 786 g/mol. The fourth-order valence-electron chi connectivity index (χ4n) is 16.1. The zero-order valence-corrected chi connectivity index (χ0v) is 42.0. The van der Waals surface area contributed by atoms with Gasteiger partial charge in [-0.2, -0.15) is 0 Å². The second-order valence-electron chi connectivity index (χ2n) is 25.8. The van der Waals surface area contributed by atoms with E-state index in [0.717, 1.165) is 0 Å². The van der Waals surface area contributed by atoms with Crippen molar-refractivity contribution in [1.82, 2.24) is 4.57 Å². The van der Waals surface area contributed by atoms with Gasteiger partial charge in [-0.3, -0.25) is 0 Å². The second-order valence-corrected chi connectivity index (χ2v) is 25.8. The average molecular weight is 856 g/mol. The molecule has 0 bridgehead atoms. The first-order valence-corrected chi connectivity index (χ1v) is 25.5. The third-order valence-electron chi connectivity index (χ3n) is 19.8. The summed E-state index contributed by atoms with van der Waals surface area (Å²) < 4.78 is 2.85. The lowest BCUT2D eigenvalue weighted by molar-refractivity contribution is 0.193. The molecule has 0 amide bonds. The maximum Gasteiger partial charge on any atom is 0.252 e. The normalized spacial score (nSPS) is 27.3. The maximum absolute atomic E-state index is 2.99. The van der Waals surface area contributed by atoms with Crippen LogP contribution in [0.1, 0.15) is 179 Å². The van der Waals surface area contributed by atoms with Crippen molar-refractivity contribution in [2.24, 2.45) is 0 Å². The van der Waals surface area contributed by atoms with Crippen LogP contribution in [0.25, 0.3) is 27.7 Å². The first-order valence-electron chi connectivity index (χ1n) is 25.5. The quantitative estimate of drug-likeness (QED) is 0.152. The number of aryl methyl sites for hydroxylation is 2. The standard InChI is InChI=1S/C61H70BN3/c1-35-27-36(2)50-46(28-35)64(61(14)26-20-18-24-59(50,61)12)39-33-47-51-48(34-39)65-53-43(58(11)23-17-19-25-60(58,65)13)30-38(56(6,7)8)32-45(53)62(51)44-31-37(55(3,4)5)29-41-49-40-21-15-16-22-42(40)57(9,10)54(49)63(47)52(41)44/h15-16,21-22,27-34H,17-20,23-26H2,1-14H3. The molecule has 4 heteroatoms. The molecule has 4 unspecified atom stereocenters. The molecule has 4 atom stereocenters. The van der Waals surface area contributed by atoms with Gasteiger partial charge in [0, 0.05) is 66.8 Å². The maximum atomic E-state index is 2.99. The molecule has 5 aromatic carbocycles. The molecule has 3 aliphatic carbocycles. The summed E-state index contributed by atoms with van der Waals surface area (Å²) in [6, 6.07) is 30.5. The molecule has 65 heavy (non-hydrogen) atoms. The minimum Gasteiger partial charge on any atom is -0.335 e. The van der Waals surface area contributed by atoms with E-state index in [2.05, 4.69) is 184 Å². The first kappa shape index (κ1) is 40.6. The lowest BCUT2D eigenvalue weighted by Gasteiger charge is -2.53. The van der Waals surface area contributed by atoms with Crippen LogP contribution in [0.3, 0.4) is 0 Å². The number of benzene rings is 5. The summed E-state index contributed by atoms with van der Waals surface area (Å²) in [6.07, 6.45) is 9.97. The highest BCUT2D eigenvalue weighted by atomic mass is 15.3. The summed E-state index contributed by atoms with van der Waals surface area (Å²) >= 11 is 0. The van der Waals surface area contributed by atoms with Gasteiger partial charge in [-0.05, 0) is 149 Å². The Hall–Kier alpha value is -4.70. The van der Waals surface area contributed by atoms with Crippen molar-refractivity contribution in [2.75, 3.05) is 9.80 Å². The molecule has 4 aliphatic heterocycles. The molecule has 332 valence electrons. The smallest absolute Gasteiger partial charge is 0.252 e. The van der Waals surface area contributed by atoms with Crippen molar-refractivity contribution in [3.05, 3.63) is 117 Å². The molecule has 13 rings (SSSR count). The Morgan fingerprint density at radius 1 is 0.585 bits per heavy atom. The van der Waals surface area contributed by atoms with Gasteiger partial charge in [0.15, 0.2) is 0 Å². The SMILES string of the molecule is Cc1cc(C)c2c(c1)N(c1cc3c4c(c1)-n1c5c(c6cc(C(C)(C)C)cc(c61)B4c1cc(C(C)(C)C)cc4c1N3C1(C)CCCCC41C)-c1ccccc1C5(C)C)C1(C)CCCCC21C. The van der Waals surface area contributed by atoms with E-state index in [9.17, 15) is 0 Å². The zero-order chi connectivity index (χ0) is 45.5. The highest BCUT2D eigenvalue weighted by molar-refractivity contribution is 7.00. The Morgan fingerprint density at radius 2 is 1.20 bits per heavy atom. The molecule has 2 fully saturated rings. The number of fused-ring (bicyclic) bond motifs is 15. The van der Waals surface area contributed by atoms with E-state index in [1.807, 2.05) is 0 Å². The van der Waals surface area contributed by atoms with Gasteiger partial charge in [-0.15, -0.1) is 0 Å². The van der Waals surface area contributed by atoms with Crippen LogP contribution in [0.2, 0.25) is 0 Å². The molecule has 0 spiro atoms.